The number of piperidine rings is 1. The van der Waals surface area contributed by atoms with Gasteiger partial charge >= 0.3 is 0 Å². The number of likely N-dealkylation sites (tertiary alicyclic amines) is 1. The largest absolute Gasteiger partial charge is 0.493 e. The third-order valence-corrected chi connectivity index (χ3v) is 6.76. The topological polar surface area (TPSA) is 85.7 Å². The van der Waals surface area contributed by atoms with Crippen molar-refractivity contribution in [2.24, 2.45) is 17.8 Å². The van der Waals surface area contributed by atoms with Crippen LogP contribution < -0.4 is 10.1 Å². The molecule has 7 nitrogen and oxygen atoms in total. The molecule has 2 aliphatic rings. The fourth-order valence-electron chi connectivity index (χ4n) is 4.93. The van der Waals surface area contributed by atoms with Gasteiger partial charge in [0, 0.05) is 26.2 Å². The molecule has 0 bridgehead atoms. The number of piperazine rings is 1. The highest BCUT2D eigenvalue weighted by Gasteiger charge is 2.39. The predicted molar refractivity (Wildman–Crippen MR) is 132 cm³/mol. The maximum absolute atomic E-state index is 13.6. The molecule has 2 amide bonds. The fourth-order valence-corrected chi connectivity index (χ4v) is 4.93. The normalized spacial score (nSPS) is 20.5. The van der Waals surface area contributed by atoms with Gasteiger partial charge in [0.2, 0.25) is 11.8 Å². The number of rotatable bonds is 9. The highest BCUT2D eigenvalue weighted by Crippen LogP contribution is 2.24. The van der Waals surface area contributed by atoms with E-state index in [1.165, 1.54) is 0 Å². The van der Waals surface area contributed by atoms with Crippen molar-refractivity contribution in [3.63, 3.8) is 0 Å². The molecule has 1 aromatic rings. The van der Waals surface area contributed by atoms with Crippen molar-refractivity contribution in [2.45, 2.75) is 65.5 Å². The summed E-state index contributed by atoms with van der Waals surface area (Å²) in [6.07, 6.45) is 3.24. The second kappa shape index (κ2) is 12.2. The Morgan fingerprint density at radius 1 is 1.18 bits per heavy atom. The third-order valence-electron chi connectivity index (χ3n) is 6.76. The van der Waals surface area contributed by atoms with E-state index in [0.29, 0.717) is 61.7 Å². The molecule has 34 heavy (non-hydrogen) atoms. The van der Waals surface area contributed by atoms with Crippen molar-refractivity contribution in [1.29, 1.82) is 5.26 Å². The van der Waals surface area contributed by atoms with Gasteiger partial charge in [0.15, 0.2) is 0 Å². The molecule has 3 rings (SSSR count). The van der Waals surface area contributed by atoms with Gasteiger partial charge in [0.05, 0.1) is 24.3 Å². The summed E-state index contributed by atoms with van der Waals surface area (Å²) >= 11 is 0. The van der Waals surface area contributed by atoms with Gasteiger partial charge in [-0.15, -0.1) is 0 Å². The van der Waals surface area contributed by atoms with Crippen LogP contribution in [0.3, 0.4) is 0 Å². The standard InChI is InChI=1S/C27H40N4O3/c1-19(2)14-24-26(32)31(13-10-29-24)25(15-20(3)4)27(33)30-11-8-21(9-12-30)18-34-23-7-5-6-22(16-23)17-28/h5-7,16,19-21,24-25,29H,8-15,18H2,1-4H3/t24-,25-/m0/s1. The van der Waals surface area contributed by atoms with Crippen LogP contribution in [0.1, 0.15) is 58.9 Å². The Labute approximate surface area is 204 Å². The number of amides is 2. The lowest BCUT2D eigenvalue weighted by molar-refractivity contribution is -0.150. The van der Waals surface area contributed by atoms with Crippen LogP contribution in [0.2, 0.25) is 0 Å². The summed E-state index contributed by atoms with van der Waals surface area (Å²) in [5, 5.41) is 12.4. The van der Waals surface area contributed by atoms with Crippen LogP contribution in [-0.2, 0) is 9.59 Å². The lowest BCUT2D eigenvalue weighted by Gasteiger charge is -2.42. The first-order valence-electron chi connectivity index (χ1n) is 12.7. The Bertz CT molecular complexity index is 871. The molecule has 2 atom stereocenters. The van der Waals surface area contributed by atoms with Crippen LogP contribution >= 0.6 is 0 Å². The van der Waals surface area contributed by atoms with E-state index in [9.17, 15) is 9.59 Å². The summed E-state index contributed by atoms with van der Waals surface area (Å²) in [5.74, 6) is 1.99. The quantitative estimate of drug-likeness (QED) is 0.600. The van der Waals surface area contributed by atoms with Crippen LogP contribution in [0, 0.1) is 29.1 Å². The smallest absolute Gasteiger partial charge is 0.245 e. The second-order valence-electron chi connectivity index (χ2n) is 10.5. The van der Waals surface area contributed by atoms with Crippen molar-refractivity contribution in [3.8, 4) is 11.8 Å². The van der Waals surface area contributed by atoms with Gasteiger partial charge in [0.25, 0.3) is 0 Å². The minimum Gasteiger partial charge on any atom is -0.493 e. The van der Waals surface area contributed by atoms with E-state index in [1.807, 2.05) is 21.9 Å². The van der Waals surface area contributed by atoms with Crippen LogP contribution in [-0.4, -0.2) is 66.5 Å². The number of nitrogens with one attached hydrogen (secondary N) is 1. The Hall–Kier alpha value is -2.59. The zero-order valence-corrected chi connectivity index (χ0v) is 21.1. The van der Waals surface area contributed by atoms with Gasteiger partial charge in [-0.1, -0.05) is 33.8 Å². The van der Waals surface area contributed by atoms with Gasteiger partial charge < -0.3 is 19.9 Å². The molecule has 2 aliphatic heterocycles. The molecular weight excluding hydrogens is 428 g/mol. The van der Waals surface area contributed by atoms with Crippen molar-refractivity contribution < 1.29 is 14.3 Å². The molecule has 0 unspecified atom stereocenters. The number of hydrogen-bond acceptors (Lipinski definition) is 5. The highest BCUT2D eigenvalue weighted by molar-refractivity contribution is 5.90. The Morgan fingerprint density at radius 2 is 1.91 bits per heavy atom. The number of nitriles is 1. The molecule has 0 radical (unpaired) electrons. The number of carbonyl (C=O) groups is 2. The van der Waals surface area contributed by atoms with Crippen molar-refractivity contribution in [1.82, 2.24) is 15.1 Å². The molecule has 2 saturated heterocycles. The number of hydrogen-bond donors (Lipinski definition) is 1. The van der Waals surface area contributed by atoms with Gasteiger partial charge in [-0.3, -0.25) is 9.59 Å². The average molecular weight is 469 g/mol. The lowest BCUT2D eigenvalue weighted by Crippen LogP contribution is -2.62. The molecule has 1 aromatic carbocycles. The summed E-state index contributed by atoms with van der Waals surface area (Å²) < 4.78 is 5.92. The Morgan fingerprint density at radius 3 is 2.56 bits per heavy atom. The predicted octanol–water partition coefficient (Wildman–Crippen LogP) is 3.44. The SMILES string of the molecule is CC(C)C[C@@H]1NCCN([C@@H](CC(C)C)C(=O)N2CCC(COc3cccc(C#N)c3)CC2)C1=O. The zero-order valence-electron chi connectivity index (χ0n) is 21.1. The molecule has 0 aliphatic carbocycles. The van der Waals surface area contributed by atoms with Crippen molar-refractivity contribution in [3.05, 3.63) is 29.8 Å². The maximum Gasteiger partial charge on any atom is 0.245 e. The minimum atomic E-state index is -0.384. The Balaban J connectivity index is 1.58. The number of benzene rings is 1. The highest BCUT2D eigenvalue weighted by atomic mass is 16.5. The second-order valence-corrected chi connectivity index (χ2v) is 10.5. The summed E-state index contributed by atoms with van der Waals surface area (Å²) in [5.41, 5.74) is 0.590. The van der Waals surface area contributed by atoms with E-state index >= 15 is 0 Å². The van der Waals surface area contributed by atoms with Gasteiger partial charge in [-0.05, 0) is 61.6 Å². The summed E-state index contributed by atoms with van der Waals surface area (Å²) in [7, 11) is 0. The number of nitrogens with zero attached hydrogens (tertiary/aromatic N) is 3. The summed E-state index contributed by atoms with van der Waals surface area (Å²) in [6.45, 7) is 11.8. The summed E-state index contributed by atoms with van der Waals surface area (Å²) in [6, 6.07) is 8.77. The minimum absolute atomic E-state index is 0.0711. The first kappa shape index (κ1) is 26.0. The molecule has 2 fully saturated rings. The van der Waals surface area contributed by atoms with Gasteiger partial charge in [-0.25, -0.2) is 0 Å². The van der Waals surface area contributed by atoms with E-state index < -0.39 is 0 Å². The van der Waals surface area contributed by atoms with Crippen LogP contribution in [0.4, 0.5) is 0 Å². The maximum atomic E-state index is 13.6. The van der Waals surface area contributed by atoms with Crippen LogP contribution in [0.25, 0.3) is 0 Å². The molecular formula is C27H40N4O3. The molecule has 1 N–H and O–H groups in total. The first-order chi connectivity index (χ1) is 16.3. The van der Waals surface area contributed by atoms with Crippen LogP contribution in [0.5, 0.6) is 5.75 Å². The first-order valence-corrected chi connectivity index (χ1v) is 12.7. The molecule has 0 spiro atoms. The third kappa shape index (κ3) is 6.96. The van der Waals surface area contributed by atoms with Crippen LogP contribution in [0.15, 0.2) is 24.3 Å². The fraction of sp³-hybridized carbons (Fsp3) is 0.667. The van der Waals surface area contributed by atoms with Crippen molar-refractivity contribution >= 4 is 11.8 Å². The monoisotopic (exact) mass is 468 g/mol. The van der Waals surface area contributed by atoms with Gasteiger partial charge in [0.1, 0.15) is 11.8 Å². The molecule has 0 aromatic heterocycles. The average Bonchev–Trinajstić information content (AvgIpc) is 2.82. The van der Waals surface area contributed by atoms with E-state index in [0.717, 1.165) is 25.8 Å². The summed E-state index contributed by atoms with van der Waals surface area (Å²) in [4.78, 5) is 30.7. The molecule has 186 valence electrons. The molecule has 0 saturated carbocycles. The molecule has 7 heteroatoms. The van der Waals surface area contributed by atoms with E-state index in [2.05, 4.69) is 39.1 Å². The Kier molecular flexibility index (Phi) is 9.35. The van der Waals surface area contributed by atoms with Gasteiger partial charge in [-0.2, -0.15) is 5.26 Å². The van der Waals surface area contributed by atoms with E-state index in [1.54, 1.807) is 12.1 Å². The molecule has 2 heterocycles. The van der Waals surface area contributed by atoms with E-state index in [4.69, 9.17) is 10.00 Å². The zero-order chi connectivity index (χ0) is 24.7. The number of ether oxygens (including phenoxy) is 1. The van der Waals surface area contributed by atoms with Crippen molar-refractivity contribution in [2.75, 3.05) is 32.8 Å². The van der Waals surface area contributed by atoms with E-state index in [-0.39, 0.29) is 23.9 Å². The number of carbonyl (C=O) groups excluding carboxylic acids is 2. The lowest BCUT2D eigenvalue weighted by atomic mass is 9.94.